The lowest BCUT2D eigenvalue weighted by Gasteiger charge is -2.24. The summed E-state index contributed by atoms with van der Waals surface area (Å²) >= 11 is 0. The summed E-state index contributed by atoms with van der Waals surface area (Å²) in [4.78, 5) is 21.2. The summed E-state index contributed by atoms with van der Waals surface area (Å²) < 4.78 is 1.68. The molecule has 1 amide bonds. The average molecular weight is 348 g/mol. The van der Waals surface area contributed by atoms with Crippen molar-refractivity contribution in [2.24, 2.45) is 0 Å². The molecule has 4 rings (SSSR count). The number of nitrogens with one attached hydrogen (secondary N) is 1. The molecule has 7 heteroatoms. The van der Waals surface area contributed by atoms with Crippen molar-refractivity contribution in [3.05, 3.63) is 71.1 Å². The summed E-state index contributed by atoms with van der Waals surface area (Å²) in [5.41, 5.74) is 3.66. The lowest BCUT2D eigenvalue weighted by atomic mass is 9.92. The van der Waals surface area contributed by atoms with Crippen LogP contribution in [0.15, 0.2) is 42.7 Å². The normalized spacial score (nSPS) is 16.1. The number of fused-ring (bicyclic) bond motifs is 1. The SMILES string of the molecule is Cc1ncc2c(n1)CCC(NC(=O)c1cn(Cc3ccccc3)nn1)C2. The van der Waals surface area contributed by atoms with E-state index in [0.29, 0.717) is 12.2 Å². The molecule has 0 saturated carbocycles. The van der Waals surface area contributed by atoms with Gasteiger partial charge in [-0.1, -0.05) is 35.5 Å². The Bertz CT molecular complexity index is 921. The third kappa shape index (κ3) is 3.61. The number of rotatable bonds is 4. The van der Waals surface area contributed by atoms with E-state index in [1.54, 1.807) is 10.9 Å². The molecule has 1 unspecified atom stereocenters. The Balaban J connectivity index is 1.39. The molecule has 1 aromatic carbocycles. The summed E-state index contributed by atoms with van der Waals surface area (Å²) in [6.45, 7) is 2.49. The van der Waals surface area contributed by atoms with Crippen LogP contribution in [0, 0.1) is 6.92 Å². The van der Waals surface area contributed by atoms with Gasteiger partial charge in [-0.15, -0.1) is 5.10 Å². The Kier molecular flexibility index (Phi) is 4.43. The van der Waals surface area contributed by atoms with E-state index in [9.17, 15) is 4.79 Å². The van der Waals surface area contributed by atoms with Gasteiger partial charge in [0, 0.05) is 17.9 Å². The molecule has 7 nitrogen and oxygen atoms in total. The molecular formula is C19H20N6O. The fourth-order valence-corrected chi connectivity index (χ4v) is 3.24. The molecule has 1 aliphatic rings. The van der Waals surface area contributed by atoms with Crippen molar-refractivity contribution >= 4 is 5.91 Å². The Morgan fingerprint density at radius 2 is 2.15 bits per heavy atom. The van der Waals surface area contributed by atoms with Crippen LogP contribution in [0.1, 0.15) is 39.6 Å². The van der Waals surface area contributed by atoms with E-state index in [2.05, 4.69) is 25.6 Å². The van der Waals surface area contributed by atoms with Crippen molar-refractivity contribution in [3.8, 4) is 0 Å². The number of aryl methyl sites for hydroxylation is 2. The number of hydrogen-bond acceptors (Lipinski definition) is 5. The number of carbonyl (C=O) groups excluding carboxylic acids is 1. The van der Waals surface area contributed by atoms with Gasteiger partial charge < -0.3 is 5.32 Å². The molecule has 1 aliphatic carbocycles. The highest BCUT2D eigenvalue weighted by atomic mass is 16.2. The third-order valence-electron chi connectivity index (χ3n) is 4.56. The molecule has 1 N–H and O–H groups in total. The number of aromatic nitrogens is 5. The van der Waals surface area contributed by atoms with E-state index in [-0.39, 0.29) is 11.9 Å². The van der Waals surface area contributed by atoms with E-state index in [4.69, 9.17) is 0 Å². The van der Waals surface area contributed by atoms with Crippen molar-refractivity contribution in [2.75, 3.05) is 0 Å². The minimum absolute atomic E-state index is 0.0700. The van der Waals surface area contributed by atoms with Gasteiger partial charge in [0.1, 0.15) is 5.82 Å². The first-order valence-corrected chi connectivity index (χ1v) is 8.74. The van der Waals surface area contributed by atoms with E-state index < -0.39 is 0 Å². The molecule has 3 aromatic rings. The van der Waals surface area contributed by atoms with Crippen molar-refractivity contribution < 1.29 is 4.79 Å². The van der Waals surface area contributed by atoms with E-state index >= 15 is 0 Å². The topological polar surface area (TPSA) is 85.6 Å². The van der Waals surface area contributed by atoms with Gasteiger partial charge in [-0.05, 0) is 37.3 Å². The summed E-state index contributed by atoms with van der Waals surface area (Å²) in [5, 5.41) is 11.1. The minimum Gasteiger partial charge on any atom is -0.348 e. The first-order chi connectivity index (χ1) is 12.7. The quantitative estimate of drug-likeness (QED) is 0.776. The molecule has 1 atom stereocenters. The van der Waals surface area contributed by atoms with E-state index in [0.717, 1.165) is 41.9 Å². The van der Waals surface area contributed by atoms with Crippen LogP contribution in [-0.4, -0.2) is 36.9 Å². The molecule has 26 heavy (non-hydrogen) atoms. The molecule has 2 aromatic heterocycles. The molecule has 0 saturated heterocycles. The maximum absolute atomic E-state index is 12.5. The molecule has 0 fully saturated rings. The standard InChI is InChI=1S/C19H20N6O/c1-13-20-10-15-9-16(7-8-17(15)21-13)22-19(26)18-12-25(24-23-18)11-14-5-3-2-4-6-14/h2-6,10,12,16H,7-9,11H2,1H3,(H,22,26). The summed E-state index contributed by atoms with van der Waals surface area (Å²) in [6, 6.07) is 10.0. The third-order valence-corrected chi connectivity index (χ3v) is 4.56. The minimum atomic E-state index is -0.189. The van der Waals surface area contributed by atoms with Gasteiger partial charge in [-0.2, -0.15) is 0 Å². The second kappa shape index (κ2) is 7.03. The Morgan fingerprint density at radius 3 is 3.00 bits per heavy atom. The van der Waals surface area contributed by atoms with Gasteiger partial charge in [0.05, 0.1) is 12.7 Å². The molecule has 0 bridgehead atoms. The second-order valence-corrected chi connectivity index (χ2v) is 6.59. The van der Waals surface area contributed by atoms with Crippen LogP contribution in [0.3, 0.4) is 0 Å². The van der Waals surface area contributed by atoms with Crippen molar-refractivity contribution in [2.45, 2.75) is 38.8 Å². The van der Waals surface area contributed by atoms with Crippen molar-refractivity contribution in [1.29, 1.82) is 0 Å². The van der Waals surface area contributed by atoms with Gasteiger partial charge in [0.25, 0.3) is 5.91 Å². The number of hydrogen-bond donors (Lipinski definition) is 1. The molecule has 0 aliphatic heterocycles. The largest absolute Gasteiger partial charge is 0.348 e. The molecule has 0 spiro atoms. The van der Waals surface area contributed by atoms with Gasteiger partial charge in [0.15, 0.2) is 5.69 Å². The van der Waals surface area contributed by atoms with E-state index in [1.807, 2.05) is 43.5 Å². The molecular weight excluding hydrogens is 328 g/mol. The number of nitrogens with zero attached hydrogens (tertiary/aromatic N) is 5. The maximum atomic E-state index is 12.5. The van der Waals surface area contributed by atoms with Gasteiger partial charge in [-0.25, -0.2) is 14.6 Å². The monoisotopic (exact) mass is 348 g/mol. The lowest BCUT2D eigenvalue weighted by Crippen LogP contribution is -2.39. The highest BCUT2D eigenvalue weighted by molar-refractivity contribution is 5.92. The predicted octanol–water partition coefficient (Wildman–Crippen LogP) is 1.71. The first-order valence-electron chi connectivity index (χ1n) is 8.74. The Morgan fingerprint density at radius 1 is 1.31 bits per heavy atom. The highest BCUT2D eigenvalue weighted by Gasteiger charge is 2.23. The average Bonchev–Trinajstić information content (AvgIpc) is 3.11. The van der Waals surface area contributed by atoms with Gasteiger partial charge in [0.2, 0.25) is 0 Å². The first kappa shape index (κ1) is 16.4. The van der Waals surface area contributed by atoms with Crippen LogP contribution in [0.2, 0.25) is 0 Å². The highest BCUT2D eigenvalue weighted by Crippen LogP contribution is 2.19. The van der Waals surface area contributed by atoms with Crippen LogP contribution in [0.5, 0.6) is 0 Å². The van der Waals surface area contributed by atoms with Crippen LogP contribution in [0.25, 0.3) is 0 Å². The van der Waals surface area contributed by atoms with E-state index in [1.165, 1.54) is 0 Å². The van der Waals surface area contributed by atoms with Crippen LogP contribution in [-0.2, 0) is 19.4 Å². The summed E-state index contributed by atoms with van der Waals surface area (Å²) in [6.07, 6.45) is 6.02. The molecule has 0 radical (unpaired) electrons. The Hall–Kier alpha value is -3.09. The second-order valence-electron chi connectivity index (χ2n) is 6.59. The molecule has 132 valence electrons. The predicted molar refractivity (Wildman–Crippen MR) is 95.6 cm³/mol. The number of amides is 1. The zero-order valence-corrected chi connectivity index (χ0v) is 14.6. The summed E-state index contributed by atoms with van der Waals surface area (Å²) in [7, 11) is 0. The smallest absolute Gasteiger partial charge is 0.273 e. The van der Waals surface area contributed by atoms with Crippen LogP contribution >= 0.6 is 0 Å². The fourth-order valence-electron chi connectivity index (χ4n) is 3.24. The number of carbonyl (C=O) groups is 1. The number of benzene rings is 1. The maximum Gasteiger partial charge on any atom is 0.273 e. The van der Waals surface area contributed by atoms with Crippen molar-refractivity contribution in [3.63, 3.8) is 0 Å². The van der Waals surface area contributed by atoms with Gasteiger partial charge in [-0.3, -0.25) is 4.79 Å². The lowest BCUT2D eigenvalue weighted by molar-refractivity contribution is 0.0928. The van der Waals surface area contributed by atoms with Gasteiger partial charge >= 0.3 is 0 Å². The van der Waals surface area contributed by atoms with Crippen molar-refractivity contribution in [1.82, 2.24) is 30.3 Å². The zero-order valence-electron chi connectivity index (χ0n) is 14.6. The molecule has 2 heterocycles. The fraction of sp³-hybridized carbons (Fsp3) is 0.316. The summed E-state index contributed by atoms with van der Waals surface area (Å²) in [5.74, 6) is 0.604. The Labute approximate surface area is 151 Å². The van der Waals surface area contributed by atoms with Crippen LogP contribution < -0.4 is 5.32 Å². The zero-order chi connectivity index (χ0) is 17.9. The van der Waals surface area contributed by atoms with Crippen LogP contribution in [0.4, 0.5) is 0 Å².